The van der Waals surface area contributed by atoms with E-state index in [0.717, 1.165) is 12.8 Å². The van der Waals surface area contributed by atoms with E-state index in [-0.39, 0.29) is 23.3 Å². The number of aryl methyl sites for hydroxylation is 1. The van der Waals surface area contributed by atoms with Crippen LogP contribution in [-0.2, 0) is 17.9 Å². The van der Waals surface area contributed by atoms with Gasteiger partial charge in [-0.25, -0.2) is 4.98 Å². The van der Waals surface area contributed by atoms with Gasteiger partial charge in [-0.15, -0.1) is 0 Å². The van der Waals surface area contributed by atoms with Crippen molar-refractivity contribution >= 4 is 40.2 Å². The van der Waals surface area contributed by atoms with Crippen LogP contribution in [0.25, 0.3) is 10.9 Å². The van der Waals surface area contributed by atoms with Gasteiger partial charge >= 0.3 is 0 Å². The Hall–Kier alpha value is -2.32. The van der Waals surface area contributed by atoms with Crippen LogP contribution in [0.15, 0.2) is 46.6 Å². The molecule has 1 fully saturated rings. The van der Waals surface area contributed by atoms with Gasteiger partial charge in [0.2, 0.25) is 5.91 Å². The summed E-state index contributed by atoms with van der Waals surface area (Å²) in [5.41, 5.74) is 0.519. The topological polar surface area (TPSA) is 81.8 Å². The van der Waals surface area contributed by atoms with Crippen molar-refractivity contribution < 1.29 is 4.79 Å². The van der Waals surface area contributed by atoms with Gasteiger partial charge in [-0.3, -0.25) is 18.8 Å². The van der Waals surface area contributed by atoms with Gasteiger partial charge in [0.05, 0.1) is 34.4 Å². The van der Waals surface area contributed by atoms with Gasteiger partial charge in [0, 0.05) is 18.8 Å². The molecule has 0 unspecified atom stereocenters. The number of amides is 1. The minimum Gasteiger partial charge on any atom is -0.353 e. The predicted molar refractivity (Wildman–Crippen MR) is 119 cm³/mol. The first-order valence-corrected chi connectivity index (χ1v) is 11.6. The van der Waals surface area contributed by atoms with Gasteiger partial charge < -0.3 is 5.32 Å². The highest BCUT2D eigenvalue weighted by Gasteiger charge is 2.17. The van der Waals surface area contributed by atoms with Crippen LogP contribution in [-0.4, -0.2) is 37.0 Å². The number of nitrogens with zero attached hydrogens (tertiary/aromatic N) is 4. The molecule has 30 heavy (non-hydrogen) atoms. The number of halogens is 1. The average molecular weight is 446 g/mol. The predicted octanol–water partition coefficient (Wildman–Crippen LogP) is 3.49. The number of carbonyl (C=O) groups excluding carboxylic acids is 1. The Balaban J connectivity index is 1.52. The van der Waals surface area contributed by atoms with E-state index in [0.29, 0.717) is 34.2 Å². The minimum absolute atomic E-state index is 0.0142. The maximum Gasteiger partial charge on any atom is 0.262 e. The minimum atomic E-state index is -0.117. The average Bonchev–Trinajstić information content (AvgIpc) is 3.17. The molecule has 1 amide bonds. The van der Waals surface area contributed by atoms with E-state index in [1.54, 1.807) is 27.7 Å². The molecule has 7 nitrogen and oxygen atoms in total. The quantitative estimate of drug-likeness (QED) is 0.444. The molecule has 9 heteroatoms. The number of nitrogens with one attached hydrogen (secondary N) is 1. The first-order chi connectivity index (χ1) is 14.6. The third kappa shape index (κ3) is 5.05. The summed E-state index contributed by atoms with van der Waals surface area (Å²) in [5, 5.41) is 8.94. The SMILES string of the molecule is O=C(CSc1nc2ccccc2c(=O)n1CCn1cc(Cl)cn1)NC1CCCCC1. The summed E-state index contributed by atoms with van der Waals surface area (Å²) in [7, 11) is 0. The molecule has 1 N–H and O–H groups in total. The van der Waals surface area contributed by atoms with Gasteiger partial charge in [-0.05, 0) is 25.0 Å². The fraction of sp³-hybridized carbons (Fsp3) is 0.429. The van der Waals surface area contributed by atoms with Crippen LogP contribution in [0.1, 0.15) is 32.1 Å². The Labute approximate surface area is 183 Å². The number of aromatic nitrogens is 4. The Bertz CT molecular complexity index is 1090. The molecule has 2 aromatic heterocycles. The van der Waals surface area contributed by atoms with Gasteiger partial charge in [0.25, 0.3) is 5.56 Å². The second-order valence-corrected chi connectivity index (χ2v) is 8.86. The number of carbonyl (C=O) groups is 1. The zero-order valence-corrected chi connectivity index (χ0v) is 18.2. The summed E-state index contributed by atoms with van der Waals surface area (Å²) < 4.78 is 3.31. The highest BCUT2D eigenvalue weighted by Crippen LogP contribution is 2.20. The van der Waals surface area contributed by atoms with Crippen LogP contribution in [0.3, 0.4) is 0 Å². The van der Waals surface area contributed by atoms with Crippen molar-refractivity contribution in [1.29, 1.82) is 0 Å². The lowest BCUT2D eigenvalue weighted by Crippen LogP contribution is -2.37. The van der Waals surface area contributed by atoms with Crippen molar-refractivity contribution in [3.05, 3.63) is 52.0 Å². The Morgan fingerprint density at radius 1 is 1.20 bits per heavy atom. The van der Waals surface area contributed by atoms with Crippen LogP contribution in [0.5, 0.6) is 0 Å². The molecule has 0 atom stereocenters. The number of hydrogen-bond acceptors (Lipinski definition) is 5. The normalized spacial score (nSPS) is 14.8. The highest BCUT2D eigenvalue weighted by molar-refractivity contribution is 7.99. The van der Waals surface area contributed by atoms with E-state index in [2.05, 4.69) is 15.4 Å². The molecule has 4 rings (SSSR count). The maximum atomic E-state index is 13.1. The van der Waals surface area contributed by atoms with E-state index in [1.807, 2.05) is 18.2 Å². The molecule has 158 valence electrons. The van der Waals surface area contributed by atoms with Gasteiger partial charge in [0.1, 0.15) is 0 Å². The van der Waals surface area contributed by atoms with Crippen molar-refractivity contribution in [2.75, 3.05) is 5.75 Å². The van der Waals surface area contributed by atoms with Crippen LogP contribution in [0.2, 0.25) is 5.02 Å². The Morgan fingerprint density at radius 3 is 2.77 bits per heavy atom. The van der Waals surface area contributed by atoms with E-state index < -0.39 is 0 Å². The molecule has 1 saturated carbocycles. The van der Waals surface area contributed by atoms with Crippen molar-refractivity contribution in [2.24, 2.45) is 0 Å². The Morgan fingerprint density at radius 2 is 2.00 bits per heavy atom. The summed E-state index contributed by atoms with van der Waals surface area (Å²) in [6, 6.07) is 7.54. The van der Waals surface area contributed by atoms with Crippen LogP contribution >= 0.6 is 23.4 Å². The van der Waals surface area contributed by atoms with E-state index in [9.17, 15) is 9.59 Å². The van der Waals surface area contributed by atoms with Crippen molar-refractivity contribution in [1.82, 2.24) is 24.6 Å². The fourth-order valence-corrected chi connectivity index (χ4v) is 4.76. The molecule has 0 saturated heterocycles. The van der Waals surface area contributed by atoms with Gasteiger partial charge in [0.15, 0.2) is 5.16 Å². The largest absolute Gasteiger partial charge is 0.353 e. The molecule has 3 aromatic rings. The number of rotatable bonds is 7. The van der Waals surface area contributed by atoms with E-state index >= 15 is 0 Å². The zero-order chi connectivity index (χ0) is 20.9. The van der Waals surface area contributed by atoms with E-state index in [1.165, 1.54) is 31.0 Å². The molecule has 0 radical (unpaired) electrons. The van der Waals surface area contributed by atoms with Gasteiger partial charge in [-0.2, -0.15) is 5.10 Å². The number of fused-ring (bicyclic) bond motifs is 1. The third-order valence-corrected chi connectivity index (χ3v) is 6.46. The first kappa shape index (κ1) is 20.9. The number of para-hydroxylation sites is 1. The maximum absolute atomic E-state index is 13.1. The Kier molecular flexibility index (Phi) is 6.74. The van der Waals surface area contributed by atoms with Crippen LogP contribution in [0, 0.1) is 0 Å². The molecule has 2 heterocycles. The lowest BCUT2D eigenvalue weighted by molar-refractivity contribution is -0.119. The summed E-state index contributed by atoms with van der Waals surface area (Å²) >= 11 is 7.23. The second kappa shape index (κ2) is 9.66. The molecule has 1 aromatic carbocycles. The highest BCUT2D eigenvalue weighted by atomic mass is 35.5. The number of thioether (sulfide) groups is 1. The summed E-state index contributed by atoms with van der Waals surface area (Å²) in [6.45, 7) is 0.871. The van der Waals surface area contributed by atoms with Crippen LogP contribution < -0.4 is 10.9 Å². The fourth-order valence-electron chi connectivity index (χ4n) is 3.76. The van der Waals surface area contributed by atoms with Crippen molar-refractivity contribution in [3.63, 3.8) is 0 Å². The summed E-state index contributed by atoms with van der Waals surface area (Å²) in [6.07, 6.45) is 8.95. The third-order valence-electron chi connectivity index (χ3n) is 5.28. The lowest BCUT2D eigenvalue weighted by Gasteiger charge is -2.22. The van der Waals surface area contributed by atoms with Gasteiger partial charge in [-0.1, -0.05) is 54.8 Å². The van der Waals surface area contributed by atoms with E-state index in [4.69, 9.17) is 11.6 Å². The molecule has 0 bridgehead atoms. The lowest BCUT2D eigenvalue weighted by atomic mass is 9.95. The number of benzene rings is 1. The standard InChI is InChI=1S/C21H24ClN5O2S/c22-15-12-23-26(13-15)10-11-27-20(29)17-8-4-5-9-18(17)25-21(27)30-14-19(28)24-16-6-2-1-3-7-16/h4-5,8-9,12-13,16H,1-3,6-7,10-11,14H2,(H,24,28). The second-order valence-electron chi connectivity index (χ2n) is 7.48. The smallest absolute Gasteiger partial charge is 0.262 e. The molecule has 1 aliphatic carbocycles. The van der Waals surface area contributed by atoms with Crippen molar-refractivity contribution in [3.8, 4) is 0 Å². The first-order valence-electron chi connectivity index (χ1n) is 10.2. The van der Waals surface area contributed by atoms with Crippen molar-refractivity contribution in [2.45, 2.75) is 56.4 Å². The molecule has 0 aliphatic heterocycles. The monoisotopic (exact) mass is 445 g/mol. The molecular weight excluding hydrogens is 422 g/mol. The zero-order valence-electron chi connectivity index (χ0n) is 16.6. The molecule has 1 aliphatic rings. The summed E-state index contributed by atoms with van der Waals surface area (Å²) in [5.74, 6) is 0.217. The number of hydrogen-bond donors (Lipinski definition) is 1. The van der Waals surface area contributed by atoms with Crippen LogP contribution in [0.4, 0.5) is 0 Å². The summed E-state index contributed by atoms with van der Waals surface area (Å²) in [4.78, 5) is 30.2. The molecule has 0 spiro atoms. The molecular formula is C21H24ClN5O2S.